The van der Waals surface area contributed by atoms with Crippen LogP contribution in [-0.4, -0.2) is 58.1 Å². The molecule has 1 fully saturated rings. The van der Waals surface area contributed by atoms with E-state index in [0.29, 0.717) is 6.42 Å². The average molecular weight is 370 g/mol. The summed E-state index contributed by atoms with van der Waals surface area (Å²) in [6.45, 7) is 11.0. The van der Waals surface area contributed by atoms with Crippen molar-refractivity contribution >= 4 is 17.8 Å². The lowest BCUT2D eigenvalue weighted by molar-refractivity contribution is -0.131. The maximum atomic E-state index is 12.7. The van der Waals surface area contributed by atoms with Crippen molar-refractivity contribution in [1.82, 2.24) is 10.2 Å². The molecule has 0 aromatic rings. The molecule has 0 aliphatic carbocycles. The number of Topliss-reactive ketones (excluding diaryl/α,β-unsaturated/α-hetero) is 1. The minimum absolute atomic E-state index is 0.00226. The second-order valence-electron chi connectivity index (χ2n) is 8.34. The summed E-state index contributed by atoms with van der Waals surface area (Å²) in [6, 6.07) is -1.42. The quantitative estimate of drug-likeness (QED) is 0.717. The van der Waals surface area contributed by atoms with Crippen molar-refractivity contribution in [3.8, 4) is 0 Å². The third kappa shape index (κ3) is 6.59. The maximum Gasteiger partial charge on any atom is 0.411 e. The summed E-state index contributed by atoms with van der Waals surface area (Å²) in [5, 5.41) is 12.7. The second kappa shape index (κ2) is 9.35. The molecule has 3 atom stereocenters. The lowest BCUT2D eigenvalue weighted by Gasteiger charge is -2.29. The van der Waals surface area contributed by atoms with Crippen LogP contribution >= 0.6 is 0 Å². The molecule has 0 saturated carbocycles. The third-order valence-electron chi connectivity index (χ3n) is 4.30. The fourth-order valence-corrected chi connectivity index (χ4v) is 2.96. The van der Waals surface area contributed by atoms with Gasteiger partial charge in [0, 0.05) is 12.8 Å². The third-order valence-corrected chi connectivity index (χ3v) is 4.30. The fourth-order valence-electron chi connectivity index (χ4n) is 2.96. The molecule has 0 bridgehead atoms. The summed E-state index contributed by atoms with van der Waals surface area (Å²) >= 11 is 0. The molecule has 0 aromatic carbocycles. The normalized spacial score (nSPS) is 21.6. The number of likely N-dealkylation sites (tertiary alicyclic amines) is 1. The van der Waals surface area contributed by atoms with Crippen molar-refractivity contribution < 1.29 is 24.2 Å². The van der Waals surface area contributed by atoms with Gasteiger partial charge < -0.3 is 15.2 Å². The van der Waals surface area contributed by atoms with Gasteiger partial charge in [-0.05, 0) is 33.1 Å². The summed E-state index contributed by atoms with van der Waals surface area (Å²) < 4.78 is 5.33. The van der Waals surface area contributed by atoms with Crippen LogP contribution in [-0.2, 0) is 14.3 Å². The molecule has 2 amide bonds. The van der Waals surface area contributed by atoms with E-state index < -0.39 is 35.8 Å². The fraction of sp³-hybridized carbons (Fsp3) is 0.842. The van der Waals surface area contributed by atoms with Crippen molar-refractivity contribution in [2.75, 3.05) is 6.54 Å². The summed E-state index contributed by atoms with van der Waals surface area (Å²) in [5.74, 6) is -0.474. The van der Waals surface area contributed by atoms with E-state index in [1.54, 1.807) is 20.8 Å². The van der Waals surface area contributed by atoms with Crippen molar-refractivity contribution in [2.45, 2.75) is 91.0 Å². The number of β-amino-alcohol motifs (C(OH)–C–C–N with tert-alkyl or cyclic N) is 1. The number of amides is 2. The first kappa shape index (κ1) is 22.4. The minimum atomic E-state index is -0.833. The summed E-state index contributed by atoms with van der Waals surface area (Å²) in [4.78, 5) is 38.7. The lowest BCUT2D eigenvalue weighted by Crippen LogP contribution is -2.53. The Morgan fingerprint density at radius 3 is 2.38 bits per heavy atom. The Bertz CT molecular complexity index is 513. The van der Waals surface area contributed by atoms with Crippen LogP contribution in [0.5, 0.6) is 0 Å². The molecule has 0 aromatic heterocycles. The van der Waals surface area contributed by atoms with Crippen LogP contribution in [0.1, 0.15) is 67.2 Å². The number of unbranched alkanes of at least 4 members (excludes halogenated alkanes) is 1. The summed E-state index contributed by atoms with van der Waals surface area (Å²) in [6.07, 6.45) is 0.830. The first-order valence-electron chi connectivity index (χ1n) is 9.47. The zero-order chi connectivity index (χ0) is 20.1. The highest BCUT2D eigenvalue weighted by atomic mass is 16.6. The molecule has 1 aliphatic rings. The molecule has 1 heterocycles. The Kier molecular flexibility index (Phi) is 8.06. The molecule has 1 rings (SSSR count). The SMILES string of the molecule is CCCCC(=O)C(NC(=O)C1CC(O)CN1C(=O)OC(C)(C)C)C(C)C. The molecule has 0 spiro atoms. The smallest absolute Gasteiger partial charge is 0.411 e. The van der Waals surface area contributed by atoms with Gasteiger partial charge in [0.05, 0.1) is 18.7 Å². The molecule has 7 heteroatoms. The predicted molar refractivity (Wildman–Crippen MR) is 98.7 cm³/mol. The van der Waals surface area contributed by atoms with Crippen molar-refractivity contribution in [3.05, 3.63) is 0 Å². The Balaban J connectivity index is 2.84. The number of aliphatic hydroxyl groups is 1. The Hall–Kier alpha value is -1.63. The van der Waals surface area contributed by atoms with E-state index in [9.17, 15) is 19.5 Å². The molecule has 1 saturated heterocycles. The van der Waals surface area contributed by atoms with Gasteiger partial charge in [-0.2, -0.15) is 0 Å². The van der Waals surface area contributed by atoms with E-state index in [2.05, 4.69) is 5.32 Å². The number of rotatable bonds is 7. The highest BCUT2D eigenvalue weighted by Gasteiger charge is 2.42. The van der Waals surface area contributed by atoms with Gasteiger partial charge in [0.25, 0.3) is 0 Å². The van der Waals surface area contributed by atoms with Crippen LogP contribution in [0.3, 0.4) is 0 Å². The average Bonchev–Trinajstić information content (AvgIpc) is 2.90. The number of carbonyl (C=O) groups is 3. The molecule has 7 nitrogen and oxygen atoms in total. The number of ether oxygens (including phenoxy) is 1. The number of hydrogen-bond acceptors (Lipinski definition) is 5. The van der Waals surface area contributed by atoms with E-state index in [1.165, 1.54) is 4.90 Å². The molecule has 1 aliphatic heterocycles. The number of hydrogen-bond donors (Lipinski definition) is 2. The largest absolute Gasteiger partial charge is 0.444 e. The van der Waals surface area contributed by atoms with Gasteiger partial charge in [-0.15, -0.1) is 0 Å². The number of aliphatic hydroxyl groups excluding tert-OH is 1. The Labute approximate surface area is 156 Å². The van der Waals surface area contributed by atoms with Gasteiger partial charge in [0.1, 0.15) is 11.6 Å². The van der Waals surface area contributed by atoms with Crippen molar-refractivity contribution in [2.24, 2.45) is 5.92 Å². The highest BCUT2D eigenvalue weighted by Crippen LogP contribution is 2.22. The molecule has 0 radical (unpaired) electrons. The lowest BCUT2D eigenvalue weighted by atomic mass is 9.96. The van der Waals surface area contributed by atoms with E-state index in [4.69, 9.17) is 4.74 Å². The molecular formula is C19H34N2O5. The van der Waals surface area contributed by atoms with Crippen LogP contribution < -0.4 is 5.32 Å². The number of nitrogens with zero attached hydrogens (tertiary/aromatic N) is 1. The van der Waals surface area contributed by atoms with Crippen molar-refractivity contribution in [3.63, 3.8) is 0 Å². The number of nitrogens with one attached hydrogen (secondary N) is 1. The van der Waals surface area contributed by atoms with Gasteiger partial charge in [-0.3, -0.25) is 14.5 Å². The predicted octanol–water partition coefficient (Wildman–Crippen LogP) is 2.26. The Morgan fingerprint density at radius 1 is 1.27 bits per heavy atom. The second-order valence-corrected chi connectivity index (χ2v) is 8.34. The van der Waals surface area contributed by atoms with Crippen LogP contribution in [0.2, 0.25) is 0 Å². The monoisotopic (exact) mass is 370 g/mol. The van der Waals surface area contributed by atoms with Gasteiger partial charge >= 0.3 is 6.09 Å². The molecular weight excluding hydrogens is 336 g/mol. The number of ketones is 1. The molecule has 3 unspecified atom stereocenters. The maximum absolute atomic E-state index is 12.7. The van der Waals surface area contributed by atoms with E-state index >= 15 is 0 Å². The summed E-state index contributed by atoms with van der Waals surface area (Å²) in [7, 11) is 0. The summed E-state index contributed by atoms with van der Waals surface area (Å²) in [5.41, 5.74) is -0.692. The molecule has 150 valence electrons. The number of carbonyl (C=O) groups excluding carboxylic acids is 3. The zero-order valence-corrected chi connectivity index (χ0v) is 16.9. The van der Waals surface area contributed by atoms with E-state index in [0.717, 1.165) is 12.8 Å². The molecule has 26 heavy (non-hydrogen) atoms. The van der Waals surface area contributed by atoms with E-state index in [-0.39, 0.29) is 24.7 Å². The molecule has 2 N–H and O–H groups in total. The first-order chi connectivity index (χ1) is 12.0. The van der Waals surface area contributed by atoms with Crippen LogP contribution in [0, 0.1) is 5.92 Å². The standard InChI is InChI=1S/C19H34N2O5/c1-7-8-9-15(23)16(12(2)3)20-17(24)14-10-13(22)11-21(14)18(25)26-19(4,5)6/h12-14,16,22H,7-11H2,1-6H3,(H,20,24). The zero-order valence-electron chi connectivity index (χ0n) is 16.9. The van der Waals surface area contributed by atoms with Gasteiger partial charge in [0.15, 0.2) is 5.78 Å². The minimum Gasteiger partial charge on any atom is -0.444 e. The topological polar surface area (TPSA) is 95.9 Å². The van der Waals surface area contributed by atoms with Gasteiger partial charge in [-0.1, -0.05) is 27.2 Å². The van der Waals surface area contributed by atoms with E-state index in [1.807, 2.05) is 20.8 Å². The van der Waals surface area contributed by atoms with Crippen LogP contribution in [0.25, 0.3) is 0 Å². The highest BCUT2D eigenvalue weighted by molar-refractivity contribution is 5.92. The van der Waals surface area contributed by atoms with Crippen LogP contribution in [0.15, 0.2) is 0 Å². The van der Waals surface area contributed by atoms with Gasteiger partial charge in [-0.25, -0.2) is 4.79 Å². The first-order valence-corrected chi connectivity index (χ1v) is 9.47. The van der Waals surface area contributed by atoms with Crippen molar-refractivity contribution in [1.29, 1.82) is 0 Å². The Morgan fingerprint density at radius 2 is 1.88 bits per heavy atom. The van der Waals surface area contributed by atoms with Gasteiger partial charge in [0.2, 0.25) is 5.91 Å². The van der Waals surface area contributed by atoms with Crippen LogP contribution in [0.4, 0.5) is 4.79 Å².